The van der Waals surface area contributed by atoms with Gasteiger partial charge in [0.05, 0.1) is 24.2 Å². The highest BCUT2D eigenvalue weighted by Gasteiger charge is 2.35. The molecule has 8 heteroatoms. The third-order valence-electron chi connectivity index (χ3n) is 4.28. The fourth-order valence-corrected chi connectivity index (χ4v) is 3.23. The molecule has 1 heterocycles. The van der Waals surface area contributed by atoms with Crippen molar-refractivity contribution < 1.29 is 19.3 Å². The number of hydrogen-bond acceptors (Lipinski definition) is 7. The van der Waals surface area contributed by atoms with Gasteiger partial charge >= 0.3 is 5.97 Å². The molecule has 0 aromatic heterocycles. The molecular formula is C19H23N3O5. The normalized spacial score (nSPS) is 18.7. The summed E-state index contributed by atoms with van der Waals surface area (Å²) >= 11 is 0. The number of nitro groups is 1. The molecule has 0 saturated carbocycles. The molecule has 27 heavy (non-hydrogen) atoms. The minimum absolute atomic E-state index is 0.0180. The van der Waals surface area contributed by atoms with Crippen molar-refractivity contribution in [3.63, 3.8) is 0 Å². The molecular weight excluding hydrogens is 350 g/mol. The maximum Gasteiger partial charge on any atom is 0.336 e. The number of hydrogen-bond donors (Lipinski definition) is 1. The first kappa shape index (κ1) is 20.3. The fraction of sp³-hybridized carbons (Fsp3) is 0.368. The van der Waals surface area contributed by atoms with E-state index in [-0.39, 0.29) is 12.3 Å². The highest BCUT2D eigenvalue weighted by atomic mass is 16.6. The van der Waals surface area contributed by atoms with Crippen LogP contribution in [0, 0.1) is 10.1 Å². The van der Waals surface area contributed by atoms with Gasteiger partial charge in [-0.25, -0.2) is 4.79 Å². The van der Waals surface area contributed by atoms with Gasteiger partial charge in [-0.2, -0.15) is 0 Å². The second-order valence-electron chi connectivity index (χ2n) is 6.04. The van der Waals surface area contributed by atoms with Crippen LogP contribution < -0.4 is 5.48 Å². The molecule has 1 atom stereocenters. The quantitative estimate of drug-likeness (QED) is 0.466. The van der Waals surface area contributed by atoms with E-state index < -0.39 is 16.8 Å². The Morgan fingerprint density at radius 1 is 1.30 bits per heavy atom. The van der Waals surface area contributed by atoms with E-state index in [9.17, 15) is 14.9 Å². The van der Waals surface area contributed by atoms with Crippen molar-refractivity contribution in [2.24, 2.45) is 4.99 Å². The summed E-state index contributed by atoms with van der Waals surface area (Å²) in [7, 11) is 1.49. The summed E-state index contributed by atoms with van der Waals surface area (Å²) in [5.41, 5.74) is 6.65. The van der Waals surface area contributed by atoms with E-state index in [1.54, 1.807) is 26.0 Å². The van der Waals surface area contributed by atoms with Crippen LogP contribution in [0.25, 0.3) is 0 Å². The molecule has 0 saturated heterocycles. The number of carbonyl (C=O) groups is 1. The molecule has 0 spiro atoms. The number of non-ortho nitro benzene ring substituents is 1. The maximum atomic E-state index is 12.7. The summed E-state index contributed by atoms with van der Waals surface area (Å²) < 4.78 is 5.24. The lowest BCUT2D eigenvalue weighted by Gasteiger charge is -2.29. The minimum Gasteiger partial charge on any atom is -0.463 e. The molecule has 1 aliphatic heterocycles. The highest BCUT2D eigenvalue weighted by Crippen LogP contribution is 2.40. The summed E-state index contributed by atoms with van der Waals surface area (Å²) in [6.07, 6.45) is 0. The van der Waals surface area contributed by atoms with Gasteiger partial charge < -0.3 is 4.74 Å². The molecule has 1 N–H and O–H groups in total. The summed E-state index contributed by atoms with van der Waals surface area (Å²) in [5, 5.41) is 11.0. The SMILES string of the molecule is CCOC(=O)C1=C(C)N=C(C)/C(=C(/C)NOC)C1c1ccc([N+](=O)[O-])cc1. The molecule has 1 unspecified atom stereocenters. The number of rotatable bonds is 6. The lowest BCUT2D eigenvalue weighted by Crippen LogP contribution is -2.27. The molecule has 0 radical (unpaired) electrons. The Morgan fingerprint density at radius 3 is 2.44 bits per heavy atom. The summed E-state index contributed by atoms with van der Waals surface area (Å²) in [6, 6.07) is 6.14. The van der Waals surface area contributed by atoms with Crippen LogP contribution in [0.1, 0.15) is 39.2 Å². The van der Waals surface area contributed by atoms with Gasteiger partial charge in [-0.15, -0.1) is 0 Å². The number of allylic oxidation sites excluding steroid dienone is 3. The van der Waals surface area contributed by atoms with Crippen molar-refractivity contribution >= 4 is 17.4 Å². The van der Waals surface area contributed by atoms with Crippen LogP contribution in [0.15, 0.2) is 51.8 Å². The zero-order valence-electron chi connectivity index (χ0n) is 16.0. The third kappa shape index (κ3) is 4.22. The number of hydroxylamine groups is 1. The van der Waals surface area contributed by atoms with E-state index in [0.717, 1.165) is 16.8 Å². The molecule has 0 aliphatic carbocycles. The largest absolute Gasteiger partial charge is 0.463 e. The number of esters is 1. The molecule has 0 bridgehead atoms. The van der Waals surface area contributed by atoms with E-state index >= 15 is 0 Å². The fourth-order valence-electron chi connectivity index (χ4n) is 3.23. The second-order valence-corrected chi connectivity index (χ2v) is 6.04. The summed E-state index contributed by atoms with van der Waals surface area (Å²) in [5.74, 6) is -0.942. The molecule has 1 aliphatic rings. The van der Waals surface area contributed by atoms with Crippen LogP contribution in [0.3, 0.4) is 0 Å². The average molecular weight is 373 g/mol. The van der Waals surface area contributed by atoms with Crippen molar-refractivity contribution in [2.45, 2.75) is 33.6 Å². The monoisotopic (exact) mass is 373 g/mol. The van der Waals surface area contributed by atoms with Gasteiger partial charge in [0.15, 0.2) is 0 Å². The summed E-state index contributed by atoms with van der Waals surface area (Å²) in [4.78, 5) is 32.7. The Morgan fingerprint density at radius 2 is 1.93 bits per heavy atom. The number of nitrogens with one attached hydrogen (secondary N) is 1. The van der Waals surface area contributed by atoms with Gasteiger partial charge in [0.25, 0.3) is 5.69 Å². The standard InChI is InChI=1S/C19H23N3O5/c1-6-27-19(23)17-12(3)20-11(2)16(13(4)21-26-5)18(17)14-7-9-15(10-8-14)22(24)25/h7-10,18,21H,6H2,1-5H3/b16-13+. The average Bonchev–Trinajstić information content (AvgIpc) is 2.61. The van der Waals surface area contributed by atoms with Crippen LogP contribution >= 0.6 is 0 Å². The lowest BCUT2D eigenvalue weighted by atomic mass is 9.79. The van der Waals surface area contributed by atoms with Crippen LogP contribution in [0.2, 0.25) is 0 Å². The number of ether oxygens (including phenoxy) is 1. The zero-order chi connectivity index (χ0) is 20.1. The molecule has 144 valence electrons. The first-order valence-electron chi connectivity index (χ1n) is 8.49. The zero-order valence-corrected chi connectivity index (χ0v) is 16.0. The Kier molecular flexibility index (Phi) is 6.46. The van der Waals surface area contributed by atoms with Crippen LogP contribution in [-0.4, -0.2) is 30.3 Å². The minimum atomic E-state index is -0.481. The lowest BCUT2D eigenvalue weighted by molar-refractivity contribution is -0.384. The van der Waals surface area contributed by atoms with E-state index in [4.69, 9.17) is 9.57 Å². The van der Waals surface area contributed by atoms with Crippen LogP contribution in [0.5, 0.6) is 0 Å². The van der Waals surface area contributed by atoms with Gasteiger partial charge in [0.1, 0.15) is 0 Å². The van der Waals surface area contributed by atoms with Crippen molar-refractivity contribution in [1.82, 2.24) is 5.48 Å². The molecule has 0 fully saturated rings. The second kappa shape index (κ2) is 8.59. The first-order valence-corrected chi connectivity index (χ1v) is 8.49. The Bertz CT molecular complexity index is 837. The molecule has 1 aromatic carbocycles. The smallest absolute Gasteiger partial charge is 0.336 e. The van der Waals surface area contributed by atoms with E-state index in [2.05, 4.69) is 10.5 Å². The number of benzene rings is 1. The first-order chi connectivity index (χ1) is 12.8. The number of nitrogens with zero attached hydrogens (tertiary/aromatic N) is 2. The maximum absolute atomic E-state index is 12.7. The Labute approximate surface area is 157 Å². The van der Waals surface area contributed by atoms with Crippen LogP contribution in [0.4, 0.5) is 5.69 Å². The van der Waals surface area contributed by atoms with E-state index in [1.165, 1.54) is 19.2 Å². The van der Waals surface area contributed by atoms with Crippen molar-refractivity contribution in [1.29, 1.82) is 0 Å². The van der Waals surface area contributed by atoms with Crippen molar-refractivity contribution in [2.75, 3.05) is 13.7 Å². The molecule has 2 rings (SSSR count). The van der Waals surface area contributed by atoms with Gasteiger partial charge in [0.2, 0.25) is 0 Å². The predicted octanol–water partition coefficient (Wildman–Crippen LogP) is 3.42. The number of aliphatic imine (C=N–C) groups is 1. The van der Waals surface area contributed by atoms with E-state index in [0.29, 0.717) is 17.0 Å². The third-order valence-corrected chi connectivity index (χ3v) is 4.28. The predicted molar refractivity (Wildman–Crippen MR) is 101 cm³/mol. The van der Waals surface area contributed by atoms with Gasteiger partial charge in [-0.3, -0.25) is 25.4 Å². The van der Waals surface area contributed by atoms with Crippen molar-refractivity contribution in [3.05, 3.63) is 62.5 Å². The molecule has 8 nitrogen and oxygen atoms in total. The highest BCUT2D eigenvalue weighted by molar-refractivity contribution is 6.06. The number of nitro benzene ring substituents is 1. The topological polar surface area (TPSA) is 103 Å². The van der Waals surface area contributed by atoms with E-state index in [1.807, 2.05) is 13.8 Å². The molecule has 1 aromatic rings. The number of carbonyl (C=O) groups excluding carboxylic acids is 1. The van der Waals surface area contributed by atoms with Crippen molar-refractivity contribution in [3.8, 4) is 0 Å². The summed E-state index contributed by atoms with van der Waals surface area (Å²) in [6.45, 7) is 7.39. The van der Waals surface area contributed by atoms with Gasteiger partial charge in [-0.1, -0.05) is 12.1 Å². The van der Waals surface area contributed by atoms with Crippen LogP contribution in [-0.2, 0) is 14.4 Å². The molecule has 0 amide bonds. The van der Waals surface area contributed by atoms with Gasteiger partial charge in [-0.05, 0) is 33.3 Å². The Balaban J connectivity index is 2.68. The Hall–Kier alpha value is -3.00. The van der Waals surface area contributed by atoms with Gasteiger partial charge in [0, 0.05) is 40.7 Å².